The lowest BCUT2D eigenvalue weighted by molar-refractivity contribution is 0.134. The molecule has 0 atom stereocenters. The van der Waals surface area contributed by atoms with Gasteiger partial charge in [0.1, 0.15) is 5.75 Å². The minimum atomic E-state index is 0.510. The maximum Gasteiger partial charge on any atom is 0.123 e. The number of methoxy groups -OCH3 is 1. The van der Waals surface area contributed by atoms with Crippen molar-refractivity contribution in [3.63, 3.8) is 0 Å². The molecule has 0 saturated heterocycles. The predicted molar refractivity (Wildman–Crippen MR) is 49.4 cm³/mol. The first-order valence-corrected chi connectivity index (χ1v) is 4.32. The number of hydrogen-bond acceptors (Lipinski definition) is 3. The highest BCUT2D eigenvalue weighted by Gasteiger charge is 2.17. The number of nitrogens with two attached hydrogens (primary N) is 1. The van der Waals surface area contributed by atoms with E-state index < -0.39 is 0 Å². The van der Waals surface area contributed by atoms with Gasteiger partial charge in [0.25, 0.3) is 0 Å². The maximum atomic E-state index is 5.66. The summed E-state index contributed by atoms with van der Waals surface area (Å²) in [6.07, 6.45) is 0. The summed E-state index contributed by atoms with van der Waals surface area (Å²) in [4.78, 5) is 0. The molecule has 0 unspecified atom stereocenters. The molecule has 2 N–H and O–H groups in total. The van der Waals surface area contributed by atoms with Gasteiger partial charge in [-0.25, -0.2) is 0 Å². The number of hydrogen-bond donors (Lipinski definition) is 1. The maximum absolute atomic E-state index is 5.66. The Morgan fingerprint density at radius 1 is 1.46 bits per heavy atom. The number of benzene rings is 1. The smallest absolute Gasteiger partial charge is 0.123 e. The summed E-state index contributed by atoms with van der Waals surface area (Å²) in [5, 5.41) is 0. The van der Waals surface area contributed by atoms with E-state index in [2.05, 4.69) is 0 Å². The highest BCUT2D eigenvalue weighted by atomic mass is 16.5. The van der Waals surface area contributed by atoms with Crippen LogP contribution in [-0.4, -0.2) is 7.11 Å². The Labute approximate surface area is 77.5 Å². The average molecular weight is 179 g/mol. The van der Waals surface area contributed by atoms with E-state index in [1.807, 2.05) is 12.1 Å². The lowest BCUT2D eigenvalue weighted by Crippen LogP contribution is -2.04. The first-order valence-electron chi connectivity index (χ1n) is 4.32. The van der Waals surface area contributed by atoms with Gasteiger partial charge in [0.05, 0.1) is 20.3 Å². The van der Waals surface area contributed by atoms with Crippen LogP contribution in [0, 0.1) is 0 Å². The molecule has 0 aliphatic carbocycles. The Kier molecular flexibility index (Phi) is 2.20. The zero-order valence-electron chi connectivity index (χ0n) is 7.67. The fraction of sp³-hybridized carbons (Fsp3) is 0.400. The molecule has 2 rings (SSSR count). The van der Waals surface area contributed by atoms with Crippen molar-refractivity contribution in [2.45, 2.75) is 19.8 Å². The van der Waals surface area contributed by atoms with E-state index in [4.69, 9.17) is 15.2 Å². The van der Waals surface area contributed by atoms with Crippen LogP contribution in [0.1, 0.15) is 16.7 Å². The molecule has 0 aromatic heterocycles. The molecule has 0 radical (unpaired) electrons. The van der Waals surface area contributed by atoms with Gasteiger partial charge in [0, 0.05) is 12.1 Å². The van der Waals surface area contributed by atoms with Crippen LogP contribution in [0.3, 0.4) is 0 Å². The van der Waals surface area contributed by atoms with Gasteiger partial charge >= 0.3 is 0 Å². The fourth-order valence-electron chi connectivity index (χ4n) is 1.71. The molecule has 3 nitrogen and oxygen atoms in total. The lowest BCUT2D eigenvalue weighted by Gasteiger charge is -2.10. The van der Waals surface area contributed by atoms with E-state index in [0.717, 1.165) is 11.3 Å². The van der Waals surface area contributed by atoms with E-state index in [-0.39, 0.29) is 0 Å². The van der Waals surface area contributed by atoms with Crippen molar-refractivity contribution in [3.8, 4) is 5.75 Å². The highest BCUT2D eigenvalue weighted by Crippen LogP contribution is 2.30. The van der Waals surface area contributed by atoms with E-state index in [0.29, 0.717) is 19.8 Å². The van der Waals surface area contributed by atoms with Gasteiger partial charge in [0.15, 0.2) is 0 Å². The summed E-state index contributed by atoms with van der Waals surface area (Å²) >= 11 is 0. The lowest BCUT2D eigenvalue weighted by atomic mass is 10.0. The van der Waals surface area contributed by atoms with Gasteiger partial charge in [-0.1, -0.05) is 6.07 Å². The zero-order valence-corrected chi connectivity index (χ0v) is 7.67. The second-order valence-electron chi connectivity index (χ2n) is 3.08. The summed E-state index contributed by atoms with van der Waals surface area (Å²) in [6.45, 7) is 1.88. The molecule has 1 heterocycles. The van der Waals surface area contributed by atoms with Gasteiger partial charge in [-0.05, 0) is 17.2 Å². The zero-order chi connectivity index (χ0) is 9.26. The number of rotatable bonds is 2. The second-order valence-corrected chi connectivity index (χ2v) is 3.08. The van der Waals surface area contributed by atoms with E-state index >= 15 is 0 Å². The highest BCUT2D eigenvalue weighted by molar-refractivity contribution is 5.45. The summed E-state index contributed by atoms with van der Waals surface area (Å²) in [6, 6.07) is 4.00. The van der Waals surface area contributed by atoms with E-state index in [9.17, 15) is 0 Å². The van der Waals surface area contributed by atoms with Gasteiger partial charge in [-0.3, -0.25) is 0 Å². The normalized spacial score (nSPS) is 14.3. The monoisotopic (exact) mass is 179 g/mol. The van der Waals surface area contributed by atoms with E-state index in [1.165, 1.54) is 11.1 Å². The Balaban J connectivity index is 2.53. The summed E-state index contributed by atoms with van der Waals surface area (Å²) in [5.74, 6) is 0.867. The topological polar surface area (TPSA) is 44.5 Å². The largest absolute Gasteiger partial charge is 0.496 e. The van der Waals surface area contributed by atoms with Gasteiger partial charge in [0.2, 0.25) is 0 Å². The Bertz CT molecular complexity index is 323. The standard InChI is InChI=1S/C10H13NO2/c1-12-10-3-2-7-5-13-6-9(7)8(10)4-11/h2-3H,4-6,11H2,1H3. The molecular formula is C10H13NO2. The Morgan fingerprint density at radius 3 is 3.00 bits per heavy atom. The van der Waals surface area contributed by atoms with Crippen LogP contribution in [0.5, 0.6) is 5.75 Å². The fourth-order valence-corrected chi connectivity index (χ4v) is 1.71. The minimum absolute atomic E-state index is 0.510. The third-order valence-corrected chi connectivity index (χ3v) is 2.41. The molecular weight excluding hydrogens is 166 g/mol. The third kappa shape index (κ3) is 1.30. The molecule has 0 saturated carbocycles. The molecule has 3 heteroatoms. The molecule has 13 heavy (non-hydrogen) atoms. The molecule has 1 aliphatic heterocycles. The van der Waals surface area contributed by atoms with Crippen molar-refractivity contribution in [2.24, 2.45) is 5.73 Å². The molecule has 70 valence electrons. The molecule has 1 aromatic rings. The average Bonchev–Trinajstić information content (AvgIpc) is 2.63. The minimum Gasteiger partial charge on any atom is -0.496 e. The van der Waals surface area contributed by atoms with Crippen molar-refractivity contribution in [1.29, 1.82) is 0 Å². The summed E-state index contributed by atoms with van der Waals surface area (Å²) in [7, 11) is 1.66. The third-order valence-electron chi connectivity index (χ3n) is 2.41. The van der Waals surface area contributed by atoms with Crippen LogP contribution in [0.2, 0.25) is 0 Å². The SMILES string of the molecule is COc1ccc2c(c1CN)COC2. The number of fused-ring (bicyclic) bond motifs is 1. The first kappa shape index (κ1) is 8.53. The van der Waals surface area contributed by atoms with Crippen LogP contribution in [0.4, 0.5) is 0 Å². The molecule has 0 bridgehead atoms. The first-order chi connectivity index (χ1) is 6.36. The van der Waals surface area contributed by atoms with E-state index in [1.54, 1.807) is 7.11 Å². The summed E-state index contributed by atoms with van der Waals surface area (Å²) < 4.78 is 10.6. The van der Waals surface area contributed by atoms with Gasteiger partial charge in [-0.15, -0.1) is 0 Å². The van der Waals surface area contributed by atoms with Crippen LogP contribution in [0.15, 0.2) is 12.1 Å². The van der Waals surface area contributed by atoms with Crippen LogP contribution in [-0.2, 0) is 24.5 Å². The van der Waals surface area contributed by atoms with Crippen molar-refractivity contribution in [3.05, 3.63) is 28.8 Å². The molecule has 0 spiro atoms. The van der Waals surface area contributed by atoms with Crippen LogP contribution in [0.25, 0.3) is 0 Å². The van der Waals surface area contributed by atoms with Crippen molar-refractivity contribution in [2.75, 3.05) is 7.11 Å². The number of ether oxygens (including phenoxy) is 2. The van der Waals surface area contributed by atoms with Crippen molar-refractivity contribution < 1.29 is 9.47 Å². The molecule has 0 fully saturated rings. The summed E-state index contributed by atoms with van der Waals surface area (Å²) in [5.41, 5.74) is 9.19. The van der Waals surface area contributed by atoms with Crippen LogP contribution >= 0.6 is 0 Å². The Morgan fingerprint density at radius 2 is 2.31 bits per heavy atom. The Hall–Kier alpha value is -1.06. The second kappa shape index (κ2) is 3.36. The van der Waals surface area contributed by atoms with Crippen molar-refractivity contribution >= 4 is 0 Å². The van der Waals surface area contributed by atoms with Crippen LogP contribution < -0.4 is 10.5 Å². The molecule has 1 aliphatic rings. The predicted octanol–water partition coefficient (Wildman–Crippen LogP) is 1.18. The van der Waals surface area contributed by atoms with Gasteiger partial charge < -0.3 is 15.2 Å². The molecule has 0 amide bonds. The molecule has 1 aromatic carbocycles. The van der Waals surface area contributed by atoms with Crippen molar-refractivity contribution in [1.82, 2.24) is 0 Å². The quantitative estimate of drug-likeness (QED) is 0.741. The van der Waals surface area contributed by atoms with Gasteiger partial charge in [-0.2, -0.15) is 0 Å².